The number of anilines is 2. The highest BCUT2D eigenvalue weighted by Gasteiger charge is 2.47. The number of fused-ring (bicyclic) bond motifs is 1. The fraction of sp³-hybridized carbons (Fsp3) is 0.368. The molecule has 0 radical (unpaired) electrons. The molecule has 170 valence electrons. The normalized spacial score (nSPS) is 23.8. The second-order valence-corrected chi connectivity index (χ2v) is 8.40. The smallest absolute Gasteiger partial charge is 0.226 e. The maximum atomic E-state index is 10.6. The van der Waals surface area contributed by atoms with Crippen LogP contribution in [-0.2, 0) is 16.1 Å². The molecule has 0 aliphatic carbocycles. The van der Waals surface area contributed by atoms with Gasteiger partial charge in [0.05, 0.1) is 6.33 Å². The Morgan fingerprint density at radius 3 is 2.84 bits per heavy atom. The Morgan fingerprint density at radius 2 is 2.12 bits per heavy atom. The van der Waals surface area contributed by atoms with Crippen molar-refractivity contribution in [3.05, 3.63) is 39.7 Å². The Morgan fingerprint density at radius 1 is 1.31 bits per heavy atom. The van der Waals surface area contributed by atoms with Gasteiger partial charge in [-0.2, -0.15) is 9.97 Å². The number of rotatable bonds is 8. The van der Waals surface area contributed by atoms with Crippen LogP contribution in [0, 0.1) is 3.57 Å². The van der Waals surface area contributed by atoms with E-state index >= 15 is 0 Å². The molecule has 32 heavy (non-hydrogen) atoms. The van der Waals surface area contributed by atoms with E-state index in [1.54, 1.807) is 7.05 Å². The molecular weight excluding hydrogens is 533 g/mol. The minimum Gasteiger partial charge on any atom is -0.387 e. The lowest BCUT2D eigenvalue weighted by Gasteiger charge is -2.20. The second-order valence-electron chi connectivity index (χ2n) is 7.16. The van der Waals surface area contributed by atoms with Crippen LogP contribution in [-0.4, -0.2) is 72.8 Å². The molecule has 3 aromatic rings. The topological polar surface area (TPSA) is 167 Å². The van der Waals surface area contributed by atoms with E-state index in [0.717, 1.165) is 9.13 Å². The number of amides is 1. The molecule has 1 aliphatic rings. The molecule has 0 bridgehead atoms. The molecule has 1 unspecified atom stereocenters. The quantitative estimate of drug-likeness (QED) is 0.124. The maximum Gasteiger partial charge on any atom is 0.226 e. The summed E-state index contributed by atoms with van der Waals surface area (Å²) in [6.45, 7) is 0.506. The van der Waals surface area contributed by atoms with Gasteiger partial charge in [0.1, 0.15) is 18.3 Å². The van der Waals surface area contributed by atoms with Gasteiger partial charge in [0.15, 0.2) is 29.4 Å². The average Bonchev–Trinajstić information content (AvgIpc) is 3.33. The van der Waals surface area contributed by atoms with E-state index in [1.165, 1.54) is 10.9 Å². The molecule has 1 aromatic carbocycles. The van der Waals surface area contributed by atoms with Crippen LogP contribution in [0.1, 0.15) is 11.8 Å². The van der Waals surface area contributed by atoms with E-state index in [2.05, 4.69) is 53.5 Å². The third-order valence-corrected chi connectivity index (χ3v) is 5.76. The van der Waals surface area contributed by atoms with Crippen molar-refractivity contribution in [1.82, 2.24) is 24.8 Å². The minimum absolute atomic E-state index is 0.283. The fourth-order valence-electron chi connectivity index (χ4n) is 3.51. The number of imidazole rings is 1. The predicted octanol–water partition coefficient (Wildman–Crippen LogP) is -0.232. The van der Waals surface area contributed by atoms with Crippen molar-refractivity contribution in [2.24, 2.45) is 0 Å². The number of hydrogen-bond acceptors (Lipinski definition) is 10. The largest absolute Gasteiger partial charge is 0.387 e. The molecule has 13 heteroatoms. The highest BCUT2D eigenvalue weighted by atomic mass is 127. The number of aromatic nitrogens is 4. The maximum absolute atomic E-state index is 10.6. The van der Waals surface area contributed by atoms with E-state index in [1.807, 2.05) is 24.3 Å². The number of benzene rings is 1. The molecule has 1 fully saturated rings. The van der Waals surface area contributed by atoms with Gasteiger partial charge >= 0.3 is 0 Å². The number of hydrogen-bond donors (Lipinski definition) is 6. The first-order valence-electron chi connectivity index (χ1n) is 9.73. The molecule has 0 spiro atoms. The number of nitrogens with zero attached hydrogens (tertiary/aromatic N) is 4. The monoisotopic (exact) mass is 555 g/mol. The summed E-state index contributed by atoms with van der Waals surface area (Å²) in [6.07, 6.45) is -4.96. The van der Waals surface area contributed by atoms with Gasteiger partial charge in [-0.05, 0) is 40.3 Å². The Labute approximate surface area is 196 Å². The van der Waals surface area contributed by atoms with Gasteiger partial charge in [-0.15, -0.1) is 0 Å². The summed E-state index contributed by atoms with van der Waals surface area (Å²) in [4.78, 5) is 23.9. The van der Waals surface area contributed by atoms with Crippen molar-refractivity contribution >= 4 is 51.9 Å². The molecule has 6 N–H and O–H groups in total. The lowest BCUT2D eigenvalue weighted by atomic mass is 10.1. The molecule has 5 atom stereocenters. The van der Waals surface area contributed by atoms with Gasteiger partial charge in [0.25, 0.3) is 0 Å². The number of carbonyl (C=O) groups excluding carboxylic acids is 1. The second kappa shape index (κ2) is 9.50. The van der Waals surface area contributed by atoms with E-state index in [0.29, 0.717) is 29.5 Å². The summed E-state index contributed by atoms with van der Waals surface area (Å²) >= 11 is 2.25. The van der Waals surface area contributed by atoms with Crippen LogP contribution >= 0.6 is 22.6 Å². The van der Waals surface area contributed by atoms with E-state index < -0.39 is 30.8 Å². The molecule has 1 aliphatic heterocycles. The van der Waals surface area contributed by atoms with Crippen LogP contribution in [0.2, 0.25) is 0 Å². The Kier molecular flexibility index (Phi) is 6.71. The van der Waals surface area contributed by atoms with Gasteiger partial charge in [-0.3, -0.25) is 9.36 Å². The number of aliphatic hydroxyl groups is 3. The Hall–Kier alpha value is -2.59. The third-order valence-electron chi connectivity index (χ3n) is 5.09. The van der Waals surface area contributed by atoms with E-state index in [4.69, 9.17) is 4.74 Å². The molecular formula is C19H22IN7O5. The minimum atomic E-state index is -1.50. The molecule has 12 nitrogen and oxygen atoms in total. The summed E-state index contributed by atoms with van der Waals surface area (Å²) in [6, 6.07) is 8.01. The van der Waals surface area contributed by atoms with Crippen LogP contribution in [0.5, 0.6) is 0 Å². The highest BCUT2D eigenvalue weighted by molar-refractivity contribution is 14.1. The summed E-state index contributed by atoms with van der Waals surface area (Å²) < 4.78 is 8.23. The SMILES string of the molecule is CNc1nc(NCc2cccc(I)c2)c2ncn([C@H]3O[C@H](C(O)NC=O)[C@@H](O)[C@H]3O)c2n1. The van der Waals surface area contributed by atoms with Crippen LogP contribution in [0.15, 0.2) is 30.6 Å². The number of nitrogens with one attached hydrogen (secondary N) is 3. The van der Waals surface area contributed by atoms with Gasteiger partial charge in [-0.1, -0.05) is 12.1 Å². The van der Waals surface area contributed by atoms with Crippen LogP contribution in [0.25, 0.3) is 11.2 Å². The van der Waals surface area contributed by atoms with Gasteiger partial charge in [0, 0.05) is 17.2 Å². The van der Waals surface area contributed by atoms with Crippen LogP contribution in [0.3, 0.4) is 0 Å². The fourth-order valence-corrected chi connectivity index (χ4v) is 4.12. The first-order chi connectivity index (χ1) is 15.4. The van der Waals surface area contributed by atoms with Gasteiger partial charge < -0.3 is 36.0 Å². The average molecular weight is 555 g/mol. The molecule has 1 saturated heterocycles. The zero-order valence-electron chi connectivity index (χ0n) is 16.9. The first kappa shape index (κ1) is 22.6. The van der Waals surface area contributed by atoms with Crippen molar-refractivity contribution in [3.8, 4) is 0 Å². The zero-order chi connectivity index (χ0) is 22.8. The summed E-state index contributed by atoms with van der Waals surface area (Å²) in [5.74, 6) is 0.792. The zero-order valence-corrected chi connectivity index (χ0v) is 19.0. The predicted molar refractivity (Wildman–Crippen MR) is 122 cm³/mol. The Balaban J connectivity index is 1.65. The lowest BCUT2D eigenvalue weighted by molar-refractivity contribution is -0.122. The van der Waals surface area contributed by atoms with Crippen LogP contribution in [0.4, 0.5) is 11.8 Å². The standard InChI is InChI=1S/C19H22IN7O5/c1-21-19-25-15(22-6-9-3-2-4-10(20)5-9)11-16(26-19)27(7-23-11)18-13(30)12(29)14(32-18)17(31)24-8-28/h2-5,7-8,12-14,17-18,29-31H,6H2,1H3,(H,24,28)(H2,21,22,25,26)/t12-,13+,14-,17?,18-/m0/s1. The van der Waals surface area contributed by atoms with E-state index in [9.17, 15) is 20.1 Å². The van der Waals surface area contributed by atoms with Crippen molar-refractivity contribution in [3.63, 3.8) is 0 Å². The number of ether oxygens (including phenoxy) is 1. The summed E-state index contributed by atoms with van der Waals surface area (Å²) in [7, 11) is 1.67. The molecule has 1 amide bonds. The van der Waals surface area contributed by atoms with E-state index in [-0.39, 0.29) is 6.41 Å². The molecule has 3 heterocycles. The van der Waals surface area contributed by atoms with Crippen LogP contribution < -0.4 is 16.0 Å². The van der Waals surface area contributed by atoms with Crippen molar-refractivity contribution in [2.45, 2.75) is 37.3 Å². The number of aliphatic hydroxyl groups excluding tert-OH is 3. The first-order valence-corrected chi connectivity index (χ1v) is 10.8. The lowest BCUT2D eigenvalue weighted by Crippen LogP contribution is -2.46. The third kappa shape index (κ3) is 4.33. The van der Waals surface area contributed by atoms with Crippen molar-refractivity contribution < 1.29 is 24.9 Å². The molecule has 2 aromatic heterocycles. The highest BCUT2D eigenvalue weighted by Crippen LogP contribution is 2.33. The molecule has 0 saturated carbocycles. The van der Waals surface area contributed by atoms with Crippen molar-refractivity contribution in [1.29, 1.82) is 0 Å². The van der Waals surface area contributed by atoms with Gasteiger partial charge in [-0.25, -0.2) is 4.98 Å². The molecule has 4 rings (SSSR count). The van der Waals surface area contributed by atoms with Crippen molar-refractivity contribution in [2.75, 3.05) is 17.7 Å². The summed E-state index contributed by atoms with van der Waals surface area (Å²) in [5, 5.41) is 39.1. The number of carbonyl (C=O) groups is 1. The Bertz CT molecular complexity index is 1110. The number of halogens is 1. The summed E-state index contributed by atoms with van der Waals surface area (Å²) in [5.41, 5.74) is 1.85. The van der Waals surface area contributed by atoms with Gasteiger partial charge in [0.2, 0.25) is 12.4 Å².